The van der Waals surface area contributed by atoms with Crippen LogP contribution in [-0.4, -0.2) is 0 Å². The molecule has 0 fully saturated rings. The van der Waals surface area contributed by atoms with Crippen LogP contribution in [0.4, 0.5) is 0 Å². The molecular weight excluding hydrogens is 192 g/mol. The standard InChI is InChI=1S/C16H17/c1-2-15-10-6-7-11-16(15)13-12-14-8-4-3-5-9-14/h3-11H,1-2,12-13H2. The molecule has 0 heteroatoms. The van der Waals surface area contributed by atoms with E-state index >= 15 is 0 Å². The lowest BCUT2D eigenvalue weighted by atomic mass is 9.98. The number of benzene rings is 2. The Bertz CT molecular complexity index is 429. The highest BCUT2D eigenvalue weighted by molar-refractivity contribution is 5.29. The molecule has 2 aromatic carbocycles. The molecule has 0 N–H and O–H groups in total. The molecule has 0 spiro atoms. The van der Waals surface area contributed by atoms with Crippen LogP contribution in [0.5, 0.6) is 0 Å². The minimum absolute atomic E-state index is 0.880. The van der Waals surface area contributed by atoms with E-state index < -0.39 is 0 Å². The molecule has 0 amide bonds. The van der Waals surface area contributed by atoms with Crippen molar-refractivity contribution < 1.29 is 0 Å². The molecule has 2 rings (SSSR count). The molecule has 0 heterocycles. The molecule has 0 bridgehead atoms. The summed E-state index contributed by atoms with van der Waals surface area (Å²) < 4.78 is 0. The zero-order valence-corrected chi connectivity index (χ0v) is 9.52. The second kappa shape index (κ2) is 5.50. The first-order chi connectivity index (χ1) is 7.90. The molecule has 0 unspecified atom stereocenters. The van der Waals surface area contributed by atoms with Crippen molar-refractivity contribution in [1.29, 1.82) is 0 Å². The molecule has 0 atom stereocenters. The zero-order valence-electron chi connectivity index (χ0n) is 9.52. The SMILES string of the molecule is [CH2]Cc1ccccc1CCc1ccccc1. The van der Waals surface area contributed by atoms with E-state index in [9.17, 15) is 0 Å². The van der Waals surface area contributed by atoms with E-state index in [0.717, 1.165) is 19.3 Å². The average Bonchev–Trinajstić information content (AvgIpc) is 2.38. The van der Waals surface area contributed by atoms with Crippen molar-refractivity contribution in [3.63, 3.8) is 0 Å². The largest absolute Gasteiger partial charge is 0.0622 e. The average molecular weight is 209 g/mol. The van der Waals surface area contributed by atoms with Crippen molar-refractivity contribution in [2.24, 2.45) is 0 Å². The summed E-state index contributed by atoms with van der Waals surface area (Å²) in [7, 11) is 0. The van der Waals surface area contributed by atoms with Crippen molar-refractivity contribution in [2.75, 3.05) is 0 Å². The van der Waals surface area contributed by atoms with Gasteiger partial charge in [-0.3, -0.25) is 0 Å². The van der Waals surface area contributed by atoms with Crippen LogP contribution in [0.15, 0.2) is 54.6 Å². The maximum absolute atomic E-state index is 3.97. The smallest absolute Gasteiger partial charge is 0.0236 e. The lowest BCUT2D eigenvalue weighted by Crippen LogP contribution is -1.95. The second-order valence-corrected chi connectivity index (χ2v) is 4.00. The second-order valence-electron chi connectivity index (χ2n) is 4.00. The van der Waals surface area contributed by atoms with E-state index in [1.54, 1.807) is 0 Å². The van der Waals surface area contributed by atoms with Crippen LogP contribution in [0.1, 0.15) is 16.7 Å². The van der Waals surface area contributed by atoms with E-state index in [0.29, 0.717) is 0 Å². The number of hydrogen-bond acceptors (Lipinski definition) is 0. The van der Waals surface area contributed by atoms with Crippen LogP contribution < -0.4 is 0 Å². The van der Waals surface area contributed by atoms with Crippen LogP contribution in [0.2, 0.25) is 0 Å². The molecule has 0 aromatic heterocycles. The van der Waals surface area contributed by atoms with Crippen molar-refractivity contribution in [3.8, 4) is 0 Å². The Morgan fingerprint density at radius 1 is 0.688 bits per heavy atom. The third-order valence-electron chi connectivity index (χ3n) is 2.91. The summed E-state index contributed by atoms with van der Waals surface area (Å²) in [5.74, 6) is 0. The number of aryl methyl sites for hydroxylation is 2. The highest BCUT2D eigenvalue weighted by atomic mass is 14.0. The highest BCUT2D eigenvalue weighted by Gasteiger charge is 1.99. The summed E-state index contributed by atoms with van der Waals surface area (Å²) in [6, 6.07) is 19.2. The Morgan fingerprint density at radius 3 is 2.00 bits per heavy atom. The van der Waals surface area contributed by atoms with Gasteiger partial charge in [-0.05, 0) is 42.9 Å². The fourth-order valence-electron chi connectivity index (χ4n) is 1.97. The predicted molar refractivity (Wildman–Crippen MR) is 69.4 cm³/mol. The first-order valence-electron chi connectivity index (χ1n) is 5.80. The van der Waals surface area contributed by atoms with E-state index in [2.05, 4.69) is 61.5 Å². The van der Waals surface area contributed by atoms with E-state index in [-0.39, 0.29) is 0 Å². The number of hydrogen-bond donors (Lipinski definition) is 0. The maximum Gasteiger partial charge on any atom is -0.0236 e. The predicted octanol–water partition coefficient (Wildman–Crippen LogP) is 3.85. The van der Waals surface area contributed by atoms with Gasteiger partial charge in [-0.1, -0.05) is 54.6 Å². The van der Waals surface area contributed by atoms with Gasteiger partial charge in [-0.2, -0.15) is 0 Å². The van der Waals surface area contributed by atoms with Crippen LogP contribution in [-0.2, 0) is 19.3 Å². The van der Waals surface area contributed by atoms with Crippen LogP contribution in [0.25, 0.3) is 0 Å². The molecule has 0 nitrogen and oxygen atoms in total. The summed E-state index contributed by atoms with van der Waals surface area (Å²) in [5.41, 5.74) is 4.21. The first kappa shape index (κ1) is 10.9. The summed E-state index contributed by atoms with van der Waals surface area (Å²) in [5, 5.41) is 0. The number of rotatable bonds is 4. The van der Waals surface area contributed by atoms with E-state index in [1.165, 1.54) is 16.7 Å². The molecule has 0 aliphatic carbocycles. The van der Waals surface area contributed by atoms with Gasteiger partial charge in [-0.15, -0.1) is 0 Å². The Labute approximate surface area is 97.9 Å². The van der Waals surface area contributed by atoms with Gasteiger partial charge in [0.15, 0.2) is 0 Å². The Hall–Kier alpha value is -1.56. The molecule has 0 saturated heterocycles. The van der Waals surface area contributed by atoms with Gasteiger partial charge >= 0.3 is 0 Å². The van der Waals surface area contributed by atoms with Gasteiger partial charge in [0.25, 0.3) is 0 Å². The van der Waals surface area contributed by atoms with Crippen LogP contribution >= 0.6 is 0 Å². The summed E-state index contributed by atoms with van der Waals surface area (Å²) >= 11 is 0. The summed E-state index contributed by atoms with van der Waals surface area (Å²) in [6.07, 6.45) is 3.10. The molecule has 0 aliphatic rings. The third kappa shape index (κ3) is 2.73. The molecule has 16 heavy (non-hydrogen) atoms. The van der Waals surface area contributed by atoms with Crippen molar-refractivity contribution in [3.05, 3.63) is 78.2 Å². The Morgan fingerprint density at radius 2 is 1.31 bits per heavy atom. The summed E-state index contributed by atoms with van der Waals surface area (Å²) in [4.78, 5) is 0. The van der Waals surface area contributed by atoms with Crippen molar-refractivity contribution in [2.45, 2.75) is 19.3 Å². The topological polar surface area (TPSA) is 0 Å². The van der Waals surface area contributed by atoms with Gasteiger partial charge in [0.1, 0.15) is 0 Å². The monoisotopic (exact) mass is 209 g/mol. The lowest BCUT2D eigenvalue weighted by Gasteiger charge is -2.07. The quantitative estimate of drug-likeness (QED) is 0.717. The molecular formula is C16H17. The Kier molecular flexibility index (Phi) is 3.76. The fraction of sp³-hybridized carbons (Fsp3) is 0.188. The minimum Gasteiger partial charge on any atom is -0.0622 e. The summed E-state index contributed by atoms with van der Waals surface area (Å²) in [6.45, 7) is 3.97. The molecule has 0 saturated carbocycles. The van der Waals surface area contributed by atoms with E-state index in [1.807, 2.05) is 0 Å². The van der Waals surface area contributed by atoms with Gasteiger partial charge in [0.05, 0.1) is 0 Å². The molecule has 2 aromatic rings. The zero-order chi connectivity index (χ0) is 11.2. The minimum atomic E-state index is 0.880. The molecule has 1 radical (unpaired) electrons. The van der Waals surface area contributed by atoms with Gasteiger partial charge in [0, 0.05) is 0 Å². The van der Waals surface area contributed by atoms with Gasteiger partial charge < -0.3 is 0 Å². The van der Waals surface area contributed by atoms with E-state index in [4.69, 9.17) is 0 Å². The fourth-order valence-corrected chi connectivity index (χ4v) is 1.97. The van der Waals surface area contributed by atoms with Gasteiger partial charge in [-0.25, -0.2) is 0 Å². The highest BCUT2D eigenvalue weighted by Crippen LogP contribution is 2.12. The molecule has 81 valence electrons. The first-order valence-corrected chi connectivity index (χ1v) is 5.80. The molecule has 0 aliphatic heterocycles. The Balaban J connectivity index is 2.05. The van der Waals surface area contributed by atoms with Crippen molar-refractivity contribution >= 4 is 0 Å². The van der Waals surface area contributed by atoms with Gasteiger partial charge in [0.2, 0.25) is 0 Å². The van der Waals surface area contributed by atoms with Crippen molar-refractivity contribution in [1.82, 2.24) is 0 Å². The maximum atomic E-state index is 3.97. The third-order valence-corrected chi connectivity index (χ3v) is 2.91. The van der Waals surface area contributed by atoms with Crippen LogP contribution in [0, 0.1) is 6.92 Å². The van der Waals surface area contributed by atoms with Crippen LogP contribution in [0.3, 0.4) is 0 Å². The lowest BCUT2D eigenvalue weighted by molar-refractivity contribution is 0.941. The normalized spacial score (nSPS) is 10.3.